The molecule has 1 spiro atoms. The number of ether oxygens (including phenoxy) is 1. The molecule has 13 heteroatoms. The molecule has 220 valence electrons. The summed E-state index contributed by atoms with van der Waals surface area (Å²) < 4.78 is 50.0. The maximum absolute atomic E-state index is 14.2. The molecule has 0 radical (unpaired) electrons. The van der Waals surface area contributed by atoms with Crippen LogP contribution in [0.15, 0.2) is 54.9 Å². The van der Waals surface area contributed by atoms with E-state index in [-0.39, 0.29) is 22.8 Å². The smallest absolute Gasteiger partial charge is 0.429 e. The molecule has 0 unspecified atom stereocenters. The van der Waals surface area contributed by atoms with Gasteiger partial charge in [0.1, 0.15) is 11.9 Å². The minimum Gasteiger partial charge on any atom is -0.480 e. The number of carbonyl (C=O) groups is 1. The summed E-state index contributed by atoms with van der Waals surface area (Å²) in [6.45, 7) is 1.72. The maximum Gasteiger partial charge on any atom is 0.429 e. The van der Waals surface area contributed by atoms with Gasteiger partial charge in [0.15, 0.2) is 0 Å². The summed E-state index contributed by atoms with van der Waals surface area (Å²) in [5.74, 6) is -0.968. The number of nitrogen functional groups attached to an aromatic ring is 1. The van der Waals surface area contributed by atoms with E-state index in [1.165, 1.54) is 18.2 Å². The molecule has 4 aromatic rings. The van der Waals surface area contributed by atoms with Crippen LogP contribution in [0.5, 0.6) is 5.88 Å². The van der Waals surface area contributed by atoms with E-state index in [0.717, 1.165) is 22.2 Å². The first-order valence-corrected chi connectivity index (χ1v) is 13.6. The zero-order valence-corrected chi connectivity index (χ0v) is 22.8. The molecule has 4 N–H and O–H groups in total. The molecule has 4 heterocycles. The number of aromatic nitrogens is 4. The number of aliphatic carboxylic acids is 1. The van der Waals surface area contributed by atoms with Gasteiger partial charge < -0.3 is 30.4 Å². The number of nitrogens with zero attached hydrogens (tertiary/aromatic N) is 5. The normalized spacial score (nSPS) is 19.3. The van der Waals surface area contributed by atoms with Crippen LogP contribution < -0.4 is 20.7 Å². The lowest BCUT2D eigenvalue weighted by molar-refractivity contribution is -0.198. The van der Waals surface area contributed by atoms with Crippen LogP contribution >= 0.6 is 0 Å². The first kappa shape index (κ1) is 27.8. The fourth-order valence-electron chi connectivity index (χ4n) is 5.95. The summed E-state index contributed by atoms with van der Waals surface area (Å²) >= 11 is 0. The van der Waals surface area contributed by atoms with E-state index in [9.17, 15) is 23.1 Å². The van der Waals surface area contributed by atoms with Crippen molar-refractivity contribution >= 4 is 28.8 Å². The van der Waals surface area contributed by atoms with Crippen LogP contribution in [-0.4, -0.2) is 62.4 Å². The maximum atomic E-state index is 14.2. The number of benzene rings is 2. The molecule has 0 aliphatic carbocycles. The van der Waals surface area contributed by atoms with Crippen LogP contribution in [0, 0.1) is 5.41 Å². The van der Waals surface area contributed by atoms with Crippen LogP contribution in [-0.2, 0) is 11.8 Å². The van der Waals surface area contributed by atoms with E-state index in [2.05, 4.69) is 20.3 Å². The molecule has 2 aromatic carbocycles. The number of hydrogen-bond acceptors (Lipinski definition) is 8. The van der Waals surface area contributed by atoms with E-state index in [4.69, 9.17) is 10.5 Å². The summed E-state index contributed by atoms with van der Waals surface area (Å²) in [7, 11) is 1.89. The second kappa shape index (κ2) is 10.5. The Labute approximate surface area is 239 Å². The first-order valence-electron chi connectivity index (χ1n) is 13.6. The lowest BCUT2D eigenvalue weighted by atomic mass is 9.76. The lowest BCUT2D eigenvalue weighted by Crippen LogP contribution is -2.41. The molecular formula is C29H30F3N7O3. The molecule has 2 aromatic heterocycles. The number of rotatable bonds is 6. The summed E-state index contributed by atoms with van der Waals surface area (Å²) in [6.07, 6.45) is -3.31. The van der Waals surface area contributed by atoms with Crippen molar-refractivity contribution in [2.24, 2.45) is 12.5 Å². The van der Waals surface area contributed by atoms with Gasteiger partial charge in [-0.05, 0) is 47.9 Å². The fraction of sp³-hybridized carbons (Fsp3) is 0.379. The largest absolute Gasteiger partial charge is 0.480 e. The highest BCUT2D eigenvalue weighted by Crippen LogP contribution is 2.41. The Kier molecular flexibility index (Phi) is 6.92. The van der Waals surface area contributed by atoms with Gasteiger partial charge in [-0.1, -0.05) is 30.3 Å². The van der Waals surface area contributed by atoms with Gasteiger partial charge in [0, 0.05) is 38.3 Å². The van der Waals surface area contributed by atoms with Crippen LogP contribution in [0.3, 0.4) is 0 Å². The number of carboxylic acids is 1. The van der Waals surface area contributed by atoms with Crippen molar-refractivity contribution in [3.63, 3.8) is 0 Å². The number of halogens is 3. The number of piperidine rings is 1. The Morgan fingerprint density at radius 2 is 1.83 bits per heavy atom. The van der Waals surface area contributed by atoms with Crippen molar-refractivity contribution in [3.05, 3.63) is 60.4 Å². The van der Waals surface area contributed by atoms with Gasteiger partial charge >= 0.3 is 12.1 Å². The third kappa shape index (κ3) is 5.43. The van der Waals surface area contributed by atoms with Gasteiger partial charge in [-0.15, -0.1) is 0 Å². The van der Waals surface area contributed by atoms with Gasteiger partial charge in [-0.3, -0.25) is 4.79 Å². The van der Waals surface area contributed by atoms with Gasteiger partial charge in [0.2, 0.25) is 17.9 Å². The first-order chi connectivity index (χ1) is 20.0. The van der Waals surface area contributed by atoms with Crippen molar-refractivity contribution in [2.45, 2.75) is 37.6 Å². The molecular weight excluding hydrogens is 551 g/mol. The molecule has 0 bridgehead atoms. The molecule has 2 saturated heterocycles. The highest BCUT2D eigenvalue weighted by Gasteiger charge is 2.45. The summed E-state index contributed by atoms with van der Waals surface area (Å²) in [5, 5.41) is 12.4. The van der Waals surface area contributed by atoms with Gasteiger partial charge in [-0.2, -0.15) is 23.1 Å². The Morgan fingerprint density at radius 3 is 2.50 bits per heavy atom. The number of anilines is 2. The molecule has 42 heavy (non-hydrogen) atoms. The average Bonchev–Trinajstić information content (AvgIpc) is 3.55. The monoisotopic (exact) mass is 581 g/mol. The molecule has 0 amide bonds. The highest BCUT2D eigenvalue weighted by atomic mass is 19.4. The SMILES string of the molecule is Cn1cnc2cc(-c3ccc([C@@H](Oc4cc(N5CCC6(CC5)CN[C@H](C(=O)O)C6)nc(N)n4)C(F)(F)F)cc3)ccc21. The van der Waals surface area contributed by atoms with Crippen molar-refractivity contribution in [3.8, 4) is 17.0 Å². The second-order valence-corrected chi connectivity index (χ2v) is 11.1. The van der Waals surface area contributed by atoms with Crippen molar-refractivity contribution in [2.75, 3.05) is 30.3 Å². The zero-order valence-electron chi connectivity index (χ0n) is 22.8. The van der Waals surface area contributed by atoms with Crippen molar-refractivity contribution < 1.29 is 27.8 Å². The quantitative estimate of drug-likeness (QED) is 0.305. The molecule has 10 nitrogen and oxygen atoms in total. The minimum atomic E-state index is -4.72. The molecule has 2 atom stereocenters. The van der Waals surface area contributed by atoms with E-state index in [1.54, 1.807) is 18.5 Å². The van der Waals surface area contributed by atoms with E-state index >= 15 is 0 Å². The standard InChI is InChI=1S/C29H30F3N7O3/c1-38-16-35-20-12-19(6-7-22(20)38)17-2-4-18(5-3-17)25(29(30,31)32)42-24-13-23(36-27(33)37-24)39-10-8-28(9-11-39)14-21(26(40)41)34-15-28/h2-7,12-13,16,21,25,34H,8-11,14-15H2,1H3,(H,40,41)(H2,33,36,37)/t21-,25+/m0/s1. The zero-order chi connectivity index (χ0) is 29.6. The summed E-state index contributed by atoms with van der Waals surface area (Å²) in [4.78, 5) is 25.8. The van der Waals surface area contributed by atoms with Crippen molar-refractivity contribution in [1.82, 2.24) is 24.8 Å². The van der Waals surface area contributed by atoms with Crippen LogP contribution in [0.2, 0.25) is 0 Å². The Hall–Kier alpha value is -4.39. The molecule has 2 aliphatic heterocycles. The van der Waals surface area contributed by atoms with Crippen LogP contribution in [0.1, 0.15) is 30.9 Å². The predicted octanol–water partition coefficient (Wildman–Crippen LogP) is 4.33. The van der Waals surface area contributed by atoms with E-state index < -0.39 is 24.3 Å². The molecule has 0 saturated carbocycles. The number of nitrogens with two attached hydrogens (primary N) is 1. The average molecular weight is 582 g/mol. The summed E-state index contributed by atoms with van der Waals surface area (Å²) in [6, 6.07) is 12.6. The Morgan fingerprint density at radius 1 is 1.12 bits per heavy atom. The van der Waals surface area contributed by atoms with E-state index in [1.807, 2.05) is 34.7 Å². The molecule has 2 aliphatic rings. The topological polar surface area (TPSA) is 131 Å². The third-order valence-corrected chi connectivity index (χ3v) is 8.32. The predicted molar refractivity (Wildman–Crippen MR) is 150 cm³/mol. The number of alkyl halides is 3. The highest BCUT2D eigenvalue weighted by molar-refractivity contribution is 5.82. The molecule has 2 fully saturated rings. The van der Waals surface area contributed by atoms with Gasteiger partial charge in [0.25, 0.3) is 0 Å². The fourth-order valence-corrected chi connectivity index (χ4v) is 5.95. The van der Waals surface area contributed by atoms with Gasteiger partial charge in [-0.25, -0.2) is 4.98 Å². The third-order valence-electron chi connectivity index (χ3n) is 8.32. The second-order valence-electron chi connectivity index (χ2n) is 11.1. The number of imidazole rings is 1. The van der Waals surface area contributed by atoms with Crippen molar-refractivity contribution in [1.29, 1.82) is 0 Å². The van der Waals surface area contributed by atoms with Gasteiger partial charge in [0.05, 0.1) is 17.4 Å². The van der Waals surface area contributed by atoms with Crippen LogP contribution in [0.4, 0.5) is 24.9 Å². The Balaban J connectivity index is 1.19. The minimum absolute atomic E-state index is 0.0782. The Bertz CT molecular complexity index is 1620. The summed E-state index contributed by atoms with van der Waals surface area (Å²) in [5.41, 5.74) is 9.01. The lowest BCUT2D eigenvalue weighted by Gasteiger charge is -2.39. The van der Waals surface area contributed by atoms with E-state index in [0.29, 0.717) is 44.7 Å². The number of aryl methyl sites for hydroxylation is 1. The van der Waals surface area contributed by atoms with Crippen LogP contribution in [0.25, 0.3) is 22.2 Å². The number of nitrogens with one attached hydrogen (secondary N) is 1. The number of carboxylic acid groups (broad SMARTS) is 1. The molecule has 6 rings (SSSR count). The number of fused-ring (bicyclic) bond motifs is 1. The number of hydrogen-bond donors (Lipinski definition) is 3.